The minimum atomic E-state index is -4.33. The van der Waals surface area contributed by atoms with E-state index in [4.69, 9.17) is 0 Å². The summed E-state index contributed by atoms with van der Waals surface area (Å²) in [7, 11) is 0. The van der Waals surface area contributed by atoms with Gasteiger partial charge in [0.2, 0.25) is 5.91 Å². The molecule has 128 valence electrons. The third kappa shape index (κ3) is 6.17. The highest BCUT2D eigenvalue weighted by atomic mass is 19.4. The molecule has 5 nitrogen and oxygen atoms in total. The number of hydrogen-bond donors (Lipinski definition) is 3. The zero-order valence-corrected chi connectivity index (χ0v) is 12.4. The molecule has 0 unspecified atom stereocenters. The summed E-state index contributed by atoms with van der Waals surface area (Å²) in [6, 6.07) is 6.39. The van der Waals surface area contributed by atoms with Crippen LogP contribution in [-0.4, -0.2) is 42.5 Å². The lowest BCUT2D eigenvalue weighted by Crippen LogP contribution is -2.39. The molecule has 8 heteroatoms. The number of aliphatic hydroxyl groups excluding tert-OH is 1. The lowest BCUT2D eigenvalue weighted by molar-refractivity contribution is -0.176. The Morgan fingerprint density at radius 2 is 1.96 bits per heavy atom. The van der Waals surface area contributed by atoms with Crippen molar-refractivity contribution >= 4 is 5.91 Å². The van der Waals surface area contributed by atoms with Gasteiger partial charge in [-0.25, -0.2) is 0 Å². The van der Waals surface area contributed by atoms with Crippen LogP contribution in [0.15, 0.2) is 24.3 Å². The van der Waals surface area contributed by atoms with Crippen LogP contribution >= 0.6 is 0 Å². The van der Waals surface area contributed by atoms with E-state index in [1.807, 2.05) is 0 Å². The summed E-state index contributed by atoms with van der Waals surface area (Å²) in [5, 5.41) is 15.0. The number of alkyl halides is 3. The fourth-order valence-electron chi connectivity index (χ4n) is 2.27. The maximum absolute atomic E-state index is 12.0. The van der Waals surface area contributed by atoms with Gasteiger partial charge in [-0.3, -0.25) is 4.79 Å². The van der Waals surface area contributed by atoms with E-state index < -0.39 is 18.9 Å². The van der Waals surface area contributed by atoms with E-state index in [1.54, 1.807) is 24.3 Å². The van der Waals surface area contributed by atoms with Gasteiger partial charge in [0.25, 0.3) is 0 Å². The first-order chi connectivity index (χ1) is 10.8. The van der Waals surface area contributed by atoms with E-state index in [1.165, 1.54) is 0 Å². The largest absolute Gasteiger partial charge is 0.411 e. The molecule has 2 rings (SSSR count). The number of amides is 1. The second kappa shape index (κ2) is 7.76. The molecule has 0 radical (unpaired) electrons. The lowest BCUT2D eigenvalue weighted by Gasteiger charge is -2.11. The van der Waals surface area contributed by atoms with Gasteiger partial charge in [0, 0.05) is 13.1 Å². The van der Waals surface area contributed by atoms with Crippen LogP contribution in [0.5, 0.6) is 0 Å². The van der Waals surface area contributed by atoms with Crippen LogP contribution in [0.25, 0.3) is 0 Å². The quantitative estimate of drug-likeness (QED) is 0.730. The number of nitrogens with one attached hydrogen (secondary N) is 2. The first kappa shape index (κ1) is 17.7. The fourth-order valence-corrected chi connectivity index (χ4v) is 2.27. The van der Waals surface area contributed by atoms with Crippen LogP contribution in [0.4, 0.5) is 13.2 Å². The average molecular weight is 332 g/mol. The number of carbonyl (C=O) groups excluding carboxylic acids is 1. The third-order valence-corrected chi connectivity index (χ3v) is 3.45. The Hall–Kier alpha value is -1.64. The van der Waals surface area contributed by atoms with Crippen LogP contribution in [-0.2, 0) is 22.7 Å². The molecule has 23 heavy (non-hydrogen) atoms. The molecule has 1 aliphatic rings. The maximum atomic E-state index is 12.0. The summed E-state index contributed by atoms with van der Waals surface area (Å²) in [6.45, 7) is -0.664. The van der Waals surface area contributed by atoms with Gasteiger partial charge >= 0.3 is 6.18 Å². The zero-order valence-electron chi connectivity index (χ0n) is 12.4. The Kier molecular flexibility index (Phi) is 5.97. The SMILES string of the molecule is O=C(NCc1ccc(COCC(F)(F)F)cc1)[C@H]1C[C@@H](O)CN1. The number of carbonyl (C=O) groups is 1. The lowest BCUT2D eigenvalue weighted by atomic mass is 10.1. The number of aliphatic hydroxyl groups is 1. The first-order valence-corrected chi connectivity index (χ1v) is 7.25. The van der Waals surface area contributed by atoms with Crippen LogP contribution in [0.1, 0.15) is 17.5 Å². The topological polar surface area (TPSA) is 70.6 Å². The van der Waals surface area contributed by atoms with Crippen molar-refractivity contribution in [2.45, 2.75) is 37.9 Å². The molecule has 1 amide bonds. The Morgan fingerprint density at radius 3 is 2.52 bits per heavy atom. The van der Waals surface area contributed by atoms with Crippen LogP contribution in [0, 0.1) is 0 Å². The van der Waals surface area contributed by atoms with Crippen molar-refractivity contribution in [3.05, 3.63) is 35.4 Å². The van der Waals surface area contributed by atoms with E-state index in [9.17, 15) is 23.1 Å². The summed E-state index contributed by atoms with van der Waals surface area (Å²) < 4.78 is 40.5. The predicted octanol–water partition coefficient (Wildman–Crippen LogP) is 1.10. The predicted molar refractivity (Wildman–Crippen MR) is 76.4 cm³/mol. The van der Waals surface area contributed by atoms with Gasteiger partial charge in [0.15, 0.2) is 0 Å². The molecule has 1 aromatic carbocycles. The van der Waals surface area contributed by atoms with Crippen molar-refractivity contribution < 1.29 is 27.8 Å². The second-order valence-electron chi connectivity index (χ2n) is 5.49. The van der Waals surface area contributed by atoms with E-state index >= 15 is 0 Å². The molecule has 1 aliphatic heterocycles. The summed E-state index contributed by atoms with van der Waals surface area (Å²) >= 11 is 0. The molecule has 0 spiro atoms. The van der Waals surface area contributed by atoms with Crippen LogP contribution < -0.4 is 10.6 Å². The molecule has 0 saturated carbocycles. The van der Waals surface area contributed by atoms with Gasteiger partial charge in [-0.2, -0.15) is 13.2 Å². The standard InChI is InChI=1S/C15H19F3N2O3/c16-15(17,18)9-23-8-11-3-1-10(2-4-11)6-20-14(22)13-5-12(21)7-19-13/h1-4,12-13,19,21H,5-9H2,(H,20,22)/t12-,13-/m1/s1. The highest BCUT2D eigenvalue weighted by molar-refractivity contribution is 5.82. The average Bonchev–Trinajstić information content (AvgIpc) is 2.91. The first-order valence-electron chi connectivity index (χ1n) is 7.25. The number of ether oxygens (including phenoxy) is 1. The Labute approximate surface area is 131 Å². The monoisotopic (exact) mass is 332 g/mol. The highest BCUT2D eigenvalue weighted by Crippen LogP contribution is 2.16. The van der Waals surface area contributed by atoms with E-state index in [-0.39, 0.29) is 18.6 Å². The smallest absolute Gasteiger partial charge is 0.392 e. The summed E-state index contributed by atoms with van der Waals surface area (Å²) in [6.07, 6.45) is -4.44. The summed E-state index contributed by atoms with van der Waals surface area (Å²) in [5.74, 6) is -0.181. The Morgan fingerprint density at radius 1 is 1.30 bits per heavy atom. The van der Waals surface area contributed by atoms with Crippen molar-refractivity contribution in [2.24, 2.45) is 0 Å². The number of benzene rings is 1. The van der Waals surface area contributed by atoms with Gasteiger partial charge in [-0.15, -0.1) is 0 Å². The minimum Gasteiger partial charge on any atom is -0.392 e. The molecular weight excluding hydrogens is 313 g/mol. The molecular formula is C15H19F3N2O3. The summed E-state index contributed by atoms with van der Waals surface area (Å²) in [4.78, 5) is 11.9. The van der Waals surface area contributed by atoms with Gasteiger partial charge < -0.3 is 20.5 Å². The molecule has 2 atom stereocenters. The molecule has 0 aliphatic carbocycles. The number of rotatable bonds is 6. The van der Waals surface area contributed by atoms with Crippen molar-refractivity contribution in [3.63, 3.8) is 0 Å². The Balaban J connectivity index is 1.73. The second-order valence-corrected chi connectivity index (χ2v) is 5.49. The van der Waals surface area contributed by atoms with Crippen LogP contribution in [0.3, 0.4) is 0 Å². The van der Waals surface area contributed by atoms with Crippen molar-refractivity contribution in [1.82, 2.24) is 10.6 Å². The number of halogens is 3. The van der Waals surface area contributed by atoms with E-state index in [2.05, 4.69) is 15.4 Å². The van der Waals surface area contributed by atoms with Gasteiger partial charge in [-0.05, 0) is 17.5 Å². The van der Waals surface area contributed by atoms with Gasteiger partial charge in [-0.1, -0.05) is 24.3 Å². The van der Waals surface area contributed by atoms with Gasteiger partial charge in [0.05, 0.1) is 18.8 Å². The zero-order chi connectivity index (χ0) is 16.9. The van der Waals surface area contributed by atoms with E-state index in [0.717, 1.165) is 5.56 Å². The normalized spacial score (nSPS) is 21.4. The Bertz CT molecular complexity index is 520. The fraction of sp³-hybridized carbons (Fsp3) is 0.533. The molecule has 0 bridgehead atoms. The molecule has 0 aromatic heterocycles. The van der Waals surface area contributed by atoms with Gasteiger partial charge in [0.1, 0.15) is 6.61 Å². The molecule has 3 N–H and O–H groups in total. The summed E-state index contributed by atoms with van der Waals surface area (Å²) in [5.41, 5.74) is 1.46. The van der Waals surface area contributed by atoms with Crippen molar-refractivity contribution in [3.8, 4) is 0 Å². The highest BCUT2D eigenvalue weighted by Gasteiger charge is 2.28. The molecule has 1 fully saturated rings. The maximum Gasteiger partial charge on any atom is 0.411 e. The molecule has 1 saturated heterocycles. The van der Waals surface area contributed by atoms with Crippen LogP contribution in [0.2, 0.25) is 0 Å². The van der Waals surface area contributed by atoms with Crippen molar-refractivity contribution in [1.29, 1.82) is 0 Å². The third-order valence-electron chi connectivity index (χ3n) is 3.45. The number of hydrogen-bond acceptors (Lipinski definition) is 4. The van der Waals surface area contributed by atoms with E-state index in [0.29, 0.717) is 25.1 Å². The molecule has 1 heterocycles. The minimum absolute atomic E-state index is 0.115. The van der Waals surface area contributed by atoms with Crippen molar-refractivity contribution in [2.75, 3.05) is 13.2 Å². The molecule has 1 aromatic rings. The number of β-amino-alcohol motifs (C(OH)–C–C–N with tert-alkyl or cyclic N) is 1.